The van der Waals surface area contributed by atoms with Crippen LogP contribution < -0.4 is 11.2 Å². The highest BCUT2D eigenvalue weighted by atomic mass is 16.2. The number of nitrogens with one attached hydrogen (secondary N) is 1. The van der Waals surface area contributed by atoms with Gasteiger partial charge in [0.05, 0.1) is 0 Å². The Morgan fingerprint density at radius 3 is 2.46 bits per heavy atom. The topological polar surface area (TPSA) is 67.5 Å². The Kier molecular flexibility index (Phi) is 2.59. The van der Waals surface area contributed by atoms with Gasteiger partial charge in [-0.1, -0.05) is 20.8 Å². The van der Waals surface area contributed by atoms with Gasteiger partial charge in [-0.3, -0.25) is 0 Å². The van der Waals surface area contributed by atoms with Gasteiger partial charge in [-0.05, 0) is 24.2 Å². The van der Waals surface area contributed by atoms with Crippen molar-refractivity contribution < 1.29 is 4.79 Å². The first kappa shape index (κ1) is 10.0. The number of hydrazone groups is 1. The number of carbonyl (C=O) groups excluding carboxylic acids is 1. The molecule has 1 aliphatic rings. The van der Waals surface area contributed by atoms with E-state index in [9.17, 15) is 4.79 Å². The number of rotatable bonds is 1. The van der Waals surface area contributed by atoms with Crippen LogP contribution in [0.15, 0.2) is 5.10 Å². The van der Waals surface area contributed by atoms with Crippen molar-refractivity contribution in [3.8, 4) is 0 Å². The molecule has 0 aliphatic heterocycles. The predicted octanol–water partition coefficient (Wildman–Crippen LogP) is 1.47. The van der Waals surface area contributed by atoms with Gasteiger partial charge in [0.2, 0.25) is 0 Å². The maximum atomic E-state index is 10.3. The van der Waals surface area contributed by atoms with Crippen LogP contribution in [0.1, 0.15) is 33.6 Å². The average Bonchev–Trinajstić information content (AvgIpc) is 1.79. The Balaban J connectivity index is 2.33. The average molecular weight is 183 g/mol. The Bertz CT molecular complexity index is 232. The number of hydrogen-bond acceptors (Lipinski definition) is 2. The van der Waals surface area contributed by atoms with E-state index in [1.54, 1.807) is 0 Å². The Morgan fingerprint density at radius 2 is 2.08 bits per heavy atom. The molecule has 1 fully saturated rings. The van der Waals surface area contributed by atoms with Crippen LogP contribution in [0.4, 0.5) is 4.79 Å². The highest BCUT2D eigenvalue weighted by molar-refractivity contribution is 5.91. The molecule has 0 aromatic rings. The molecule has 0 atom stereocenters. The molecule has 0 aromatic heterocycles. The van der Waals surface area contributed by atoms with E-state index >= 15 is 0 Å². The predicted molar refractivity (Wildman–Crippen MR) is 52.3 cm³/mol. The first-order valence-corrected chi connectivity index (χ1v) is 4.50. The molecule has 0 spiro atoms. The minimum atomic E-state index is -0.591. The summed E-state index contributed by atoms with van der Waals surface area (Å²) >= 11 is 0. The van der Waals surface area contributed by atoms with Crippen LogP contribution >= 0.6 is 0 Å². The lowest BCUT2D eigenvalue weighted by atomic mass is 9.67. The minimum Gasteiger partial charge on any atom is -0.350 e. The minimum absolute atomic E-state index is 0.339. The molecule has 13 heavy (non-hydrogen) atoms. The summed E-state index contributed by atoms with van der Waals surface area (Å²) in [6.07, 6.45) is 1.95. The molecule has 0 heterocycles. The zero-order valence-corrected chi connectivity index (χ0v) is 8.42. The molecular formula is C9H17N3O. The maximum Gasteiger partial charge on any atom is 0.332 e. The van der Waals surface area contributed by atoms with Gasteiger partial charge in [0.15, 0.2) is 0 Å². The normalized spacial score (nSPS) is 22.1. The molecule has 74 valence electrons. The summed E-state index contributed by atoms with van der Waals surface area (Å²) in [6.45, 7) is 6.65. The van der Waals surface area contributed by atoms with Gasteiger partial charge in [0.1, 0.15) is 0 Å². The fraction of sp³-hybridized carbons (Fsp3) is 0.778. The summed E-state index contributed by atoms with van der Waals surface area (Å²) < 4.78 is 0. The third kappa shape index (κ3) is 2.72. The smallest absolute Gasteiger partial charge is 0.332 e. The second kappa shape index (κ2) is 3.36. The van der Waals surface area contributed by atoms with Gasteiger partial charge in [0, 0.05) is 5.71 Å². The number of primary amides is 1. The van der Waals surface area contributed by atoms with Crippen LogP contribution in [0.2, 0.25) is 0 Å². The van der Waals surface area contributed by atoms with E-state index in [1.807, 2.05) is 0 Å². The third-order valence-electron chi connectivity index (χ3n) is 2.51. The van der Waals surface area contributed by atoms with Gasteiger partial charge >= 0.3 is 6.03 Å². The van der Waals surface area contributed by atoms with E-state index in [0.717, 1.165) is 18.6 Å². The molecule has 0 radical (unpaired) electrons. The van der Waals surface area contributed by atoms with Crippen LogP contribution in [0, 0.1) is 11.3 Å². The van der Waals surface area contributed by atoms with Crippen molar-refractivity contribution in [3.05, 3.63) is 0 Å². The molecule has 3 N–H and O–H groups in total. The van der Waals surface area contributed by atoms with E-state index in [1.165, 1.54) is 0 Å². The highest BCUT2D eigenvalue weighted by Crippen LogP contribution is 2.39. The van der Waals surface area contributed by atoms with Crippen molar-refractivity contribution in [2.75, 3.05) is 0 Å². The van der Waals surface area contributed by atoms with Crippen molar-refractivity contribution in [1.82, 2.24) is 5.43 Å². The number of urea groups is 1. The molecule has 0 saturated heterocycles. The summed E-state index contributed by atoms with van der Waals surface area (Å²) in [5.41, 5.74) is 8.51. The lowest BCUT2D eigenvalue weighted by Crippen LogP contribution is -2.36. The van der Waals surface area contributed by atoms with Crippen LogP contribution in [0.3, 0.4) is 0 Å². The molecule has 1 rings (SSSR count). The summed E-state index contributed by atoms with van der Waals surface area (Å²) in [4.78, 5) is 10.3. The monoisotopic (exact) mass is 183 g/mol. The van der Waals surface area contributed by atoms with E-state index in [0.29, 0.717) is 11.3 Å². The van der Waals surface area contributed by atoms with Crippen molar-refractivity contribution in [2.24, 2.45) is 22.2 Å². The van der Waals surface area contributed by atoms with E-state index in [-0.39, 0.29) is 0 Å². The zero-order chi connectivity index (χ0) is 10.1. The second-order valence-electron chi connectivity index (χ2n) is 4.63. The van der Waals surface area contributed by atoms with Crippen molar-refractivity contribution >= 4 is 11.7 Å². The summed E-state index contributed by atoms with van der Waals surface area (Å²) in [5.74, 6) is 0.681. The highest BCUT2D eigenvalue weighted by Gasteiger charge is 2.34. The molecule has 4 nitrogen and oxygen atoms in total. The SMILES string of the molecule is CC(C)(C)C1CC(=NNC(N)=O)C1. The molecule has 0 bridgehead atoms. The van der Waals surface area contributed by atoms with Crippen LogP contribution in [0.25, 0.3) is 0 Å². The molecule has 1 aliphatic carbocycles. The van der Waals surface area contributed by atoms with Gasteiger partial charge in [0.25, 0.3) is 0 Å². The number of hydrogen-bond donors (Lipinski definition) is 2. The second-order valence-corrected chi connectivity index (χ2v) is 4.63. The standard InChI is InChI=1S/C9H17N3O/c1-9(2,3)6-4-7(5-6)11-12-8(10)13/h6H,4-5H2,1-3H3,(H3,10,12,13). The van der Waals surface area contributed by atoms with Gasteiger partial charge in [-0.15, -0.1) is 0 Å². The van der Waals surface area contributed by atoms with E-state index < -0.39 is 6.03 Å². The van der Waals surface area contributed by atoms with Crippen molar-refractivity contribution in [2.45, 2.75) is 33.6 Å². The Morgan fingerprint density at radius 1 is 1.54 bits per heavy atom. The molecule has 0 unspecified atom stereocenters. The quantitative estimate of drug-likeness (QED) is 0.594. The van der Waals surface area contributed by atoms with Gasteiger partial charge in [-0.25, -0.2) is 10.2 Å². The molecule has 2 amide bonds. The fourth-order valence-electron chi connectivity index (χ4n) is 1.35. The van der Waals surface area contributed by atoms with Crippen LogP contribution in [-0.4, -0.2) is 11.7 Å². The molecule has 4 heteroatoms. The Labute approximate surface area is 78.6 Å². The lowest BCUT2D eigenvalue weighted by molar-refractivity contribution is 0.224. The molecular weight excluding hydrogens is 166 g/mol. The number of nitrogens with zero attached hydrogens (tertiary/aromatic N) is 1. The summed E-state index contributed by atoms with van der Waals surface area (Å²) in [5, 5.41) is 3.88. The molecule has 1 saturated carbocycles. The first-order chi connectivity index (χ1) is 5.89. The summed E-state index contributed by atoms with van der Waals surface area (Å²) in [6, 6.07) is -0.591. The first-order valence-electron chi connectivity index (χ1n) is 4.50. The largest absolute Gasteiger partial charge is 0.350 e. The zero-order valence-electron chi connectivity index (χ0n) is 8.42. The van der Waals surface area contributed by atoms with Crippen LogP contribution in [0.5, 0.6) is 0 Å². The van der Waals surface area contributed by atoms with E-state index in [4.69, 9.17) is 5.73 Å². The number of carbonyl (C=O) groups is 1. The number of nitrogens with two attached hydrogens (primary N) is 1. The van der Waals surface area contributed by atoms with Crippen molar-refractivity contribution in [3.63, 3.8) is 0 Å². The van der Waals surface area contributed by atoms with Crippen LogP contribution in [-0.2, 0) is 0 Å². The third-order valence-corrected chi connectivity index (χ3v) is 2.51. The van der Waals surface area contributed by atoms with Crippen molar-refractivity contribution in [1.29, 1.82) is 0 Å². The fourth-order valence-corrected chi connectivity index (χ4v) is 1.35. The lowest BCUT2D eigenvalue weighted by Gasteiger charge is -2.38. The van der Waals surface area contributed by atoms with E-state index in [2.05, 4.69) is 31.3 Å². The Hall–Kier alpha value is -1.06. The molecule has 0 aromatic carbocycles. The van der Waals surface area contributed by atoms with Gasteiger partial charge in [-0.2, -0.15) is 5.10 Å². The van der Waals surface area contributed by atoms with Gasteiger partial charge < -0.3 is 5.73 Å². The number of amides is 2. The summed E-state index contributed by atoms with van der Waals surface area (Å²) in [7, 11) is 0. The maximum absolute atomic E-state index is 10.3.